The number of ether oxygens (including phenoxy) is 1. The second-order valence-corrected chi connectivity index (χ2v) is 4.02. The van der Waals surface area contributed by atoms with E-state index in [0.29, 0.717) is 22.4 Å². The second kappa shape index (κ2) is 5.44. The van der Waals surface area contributed by atoms with Gasteiger partial charge in [0.25, 0.3) is 0 Å². The molecule has 0 aliphatic rings. The van der Waals surface area contributed by atoms with E-state index >= 15 is 0 Å². The van der Waals surface area contributed by atoms with Crippen LogP contribution in [0.2, 0.25) is 10.0 Å². The number of hydrogen-bond acceptors (Lipinski definition) is 2. The van der Waals surface area contributed by atoms with Crippen molar-refractivity contribution in [3.63, 3.8) is 0 Å². The maximum Gasteiger partial charge on any atom is 0.156 e. The zero-order valence-electron chi connectivity index (χ0n) is 8.26. The Labute approximate surface area is 94.4 Å². The lowest BCUT2D eigenvalue weighted by Gasteiger charge is -2.12. The molecule has 0 atom stereocenters. The van der Waals surface area contributed by atoms with E-state index in [1.165, 1.54) is 0 Å². The van der Waals surface area contributed by atoms with E-state index in [2.05, 4.69) is 0 Å². The maximum absolute atomic E-state index is 5.92. The summed E-state index contributed by atoms with van der Waals surface area (Å²) in [6, 6.07) is 5.32. The van der Waals surface area contributed by atoms with Gasteiger partial charge in [0.05, 0.1) is 10.0 Å². The first-order valence-electron chi connectivity index (χ1n) is 4.33. The number of hydrogen-bond donors (Lipinski definition) is 0. The van der Waals surface area contributed by atoms with Crippen LogP contribution in [0.4, 0.5) is 0 Å². The molecule has 0 radical (unpaired) electrons. The van der Waals surface area contributed by atoms with Crippen molar-refractivity contribution in [1.82, 2.24) is 4.90 Å². The highest BCUT2D eigenvalue weighted by atomic mass is 35.5. The van der Waals surface area contributed by atoms with E-state index in [0.717, 1.165) is 6.54 Å². The molecule has 0 N–H and O–H groups in total. The summed E-state index contributed by atoms with van der Waals surface area (Å²) in [6.07, 6.45) is 0. The third-order valence-electron chi connectivity index (χ3n) is 1.70. The van der Waals surface area contributed by atoms with Gasteiger partial charge in [-0.15, -0.1) is 0 Å². The van der Waals surface area contributed by atoms with Crippen LogP contribution in [0.5, 0.6) is 5.75 Å². The Morgan fingerprint density at radius 1 is 1.21 bits per heavy atom. The minimum Gasteiger partial charge on any atom is -0.489 e. The van der Waals surface area contributed by atoms with Gasteiger partial charge in [-0.05, 0) is 26.2 Å². The lowest BCUT2D eigenvalue weighted by Crippen LogP contribution is -2.19. The van der Waals surface area contributed by atoms with Gasteiger partial charge in [-0.3, -0.25) is 0 Å². The first-order chi connectivity index (χ1) is 6.61. The number of rotatable bonds is 4. The monoisotopic (exact) mass is 233 g/mol. The third-order valence-corrected chi connectivity index (χ3v) is 2.30. The van der Waals surface area contributed by atoms with Crippen molar-refractivity contribution < 1.29 is 4.74 Å². The van der Waals surface area contributed by atoms with Crippen molar-refractivity contribution in [1.29, 1.82) is 0 Å². The van der Waals surface area contributed by atoms with E-state index in [1.807, 2.05) is 19.0 Å². The molecule has 0 fully saturated rings. The van der Waals surface area contributed by atoms with Gasteiger partial charge in [0.2, 0.25) is 0 Å². The molecule has 0 aliphatic carbocycles. The van der Waals surface area contributed by atoms with Gasteiger partial charge in [-0.2, -0.15) is 0 Å². The van der Waals surface area contributed by atoms with Crippen molar-refractivity contribution in [3.8, 4) is 5.75 Å². The Kier molecular flexibility index (Phi) is 4.52. The molecule has 1 aromatic rings. The molecule has 0 saturated carbocycles. The Morgan fingerprint density at radius 2 is 1.79 bits per heavy atom. The lowest BCUT2D eigenvalue weighted by molar-refractivity contribution is 0.261. The molecule has 78 valence electrons. The fourth-order valence-corrected chi connectivity index (χ4v) is 1.46. The highest BCUT2D eigenvalue weighted by molar-refractivity contribution is 6.37. The van der Waals surface area contributed by atoms with Crippen LogP contribution in [0.15, 0.2) is 18.2 Å². The van der Waals surface area contributed by atoms with Crippen LogP contribution in [0.25, 0.3) is 0 Å². The Bertz CT molecular complexity index is 282. The zero-order valence-corrected chi connectivity index (χ0v) is 9.77. The quantitative estimate of drug-likeness (QED) is 0.794. The summed E-state index contributed by atoms with van der Waals surface area (Å²) >= 11 is 11.8. The van der Waals surface area contributed by atoms with Crippen molar-refractivity contribution in [2.24, 2.45) is 0 Å². The molecular weight excluding hydrogens is 221 g/mol. The van der Waals surface area contributed by atoms with Gasteiger partial charge in [-0.25, -0.2) is 0 Å². The zero-order chi connectivity index (χ0) is 10.6. The van der Waals surface area contributed by atoms with Crippen molar-refractivity contribution >= 4 is 23.2 Å². The molecule has 1 aromatic carbocycles. The fourth-order valence-electron chi connectivity index (χ4n) is 0.951. The Morgan fingerprint density at radius 3 is 2.29 bits per heavy atom. The normalized spacial score (nSPS) is 10.6. The van der Waals surface area contributed by atoms with Gasteiger partial charge in [0, 0.05) is 6.54 Å². The summed E-state index contributed by atoms with van der Waals surface area (Å²) in [5, 5.41) is 1.10. The van der Waals surface area contributed by atoms with Gasteiger partial charge < -0.3 is 9.64 Å². The van der Waals surface area contributed by atoms with Gasteiger partial charge >= 0.3 is 0 Å². The number of para-hydroxylation sites is 1. The summed E-state index contributed by atoms with van der Waals surface area (Å²) in [6.45, 7) is 1.41. The molecule has 0 amide bonds. The number of nitrogens with zero attached hydrogens (tertiary/aromatic N) is 1. The van der Waals surface area contributed by atoms with Crippen molar-refractivity contribution in [2.75, 3.05) is 27.2 Å². The molecular formula is C10H13Cl2NO. The minimum atomic E-state index is 0.552. The number of benzene rings is 1. The highest BCUT2D eigenvalue weighted by Gasteiger charge is 2.05. The molecule has 0 aromatic heterocycles. The Hall–Kier alpha value is -0.440. The third kappa shape index (κ3) is 3.37. The molecule has 0 saturated heterocycles. The SMILES string of the molecule is CN(C)CCOc1c(Cl)cccc1Cl. The topological polar surface area (TPSA) is 12.5 Å². The molecule has 2 nitrogen and oxygen atoms in total. The van der Waals surface area contributed by atoms with Crippen molar-refractivity contribution in [2.45, 2.75) is 0 Å². The van der Waals surface area contributed by atoms with Crippen LogP contribution in [0, 0.1) is 0 Å². The number of likely N-dealkylation sites (N-methyl/N-ethyl adjacent to an activating group) is 1. The first-order valence-corrected chi connectivity index (χ1v) is 5.08. The largest absolute Gasteiger partial charge is 0.489 e. The fraction of sp³-hybridized carbons (Fsp3) is 0.400. The molecule has 1 rings (SSSR count). The van der Waals surface area contributed by atoms with Crippen LogP contribution in [-0.4, -0.2) is 32.1 Å². The van der Waals surface area contributed by atoms with E-state index in [9.17, 15) is 0 Å². The molecule has 0 heterocycles. The summed E-state index contributed by atoms with van der Waals surface area (Å²) < 4.78 is 5.47. The molecule has 14 heavy (non-hydrogen) atoms. The molecule has 4 heteroatoms. The number of halogens is 2. The molecule has 0 bridgehead atoms. The predicted molar refractivity (Wildman–Crippen MR) is 60.5 cm³/mol. The van der Waals surface area contributed by atoms with Gasteiger partial charge in [-0.1, -0.05) is 29.3 Å². The Balaban J connectivity index is 2.58. The standard InChI is InChI=1S/C10H13Cl2NO/c1-13(2)6-7-14-10-8(11)4-3-5-9(10)12/h3-5H,6-7H2,1-2H3. The van der Waals surface area contributed by atoms with E-state index < -0.39 is 0 Å². The van der Waals surface area contributed by atoms with Crippen LogP contribution < -0.4 is 4.74 Å². The highest BCUT2D eigenvalue weighted by Crippen LogP contribution is 2.32. The summed E-state index contributed by atoms with van der Waals surface area (Å²) in [5.74, 6) is 0.567. The van der Waals surface area contributed by atoms with Crippen LogP contribution >= 0.6 is 23.2 Å². The average molecular weight is 234 g/mol. The van der Waals surface area contributed by atoms with Crippen LogP contribution in [0.1, 0.15) is 0 Å². The summed E-state index contributed by atoms with van der Waals surface area (Å²) in [5.41, 5.74) is 0. The molecule has 0 spiro atoms. The second-order valence-electron chi connectivity index (χ2n) is 3.20. The summed E-state index contributed by atoms with van der Waals surface area (Å²) in [7, 11) is 3.97. The first kappa shape index (κ1) is 11.6. The average Bonchev–Trinajstić information content (AvgIpc) is 2.09. The van der Waals surface area contributed by atoms with Crippen LogP contribution in [-0.2, 0) is 0 Å². The smallest absolute Gasteiger partial charge is 0.156 e. The van der Waals surface area contributed by atoms with Crippen LogP contribution in [0.3, 0.4) is 0 Å². The molecule has 0 aliphatic heterocycles. The van der Waals surface area contributed by atoms with E-state index in [-0.39, 0.29) is 0 Å². The van der Waals surface area contributed by atoms with E-state index in [4.69, 9.17) is 27.9 Å². The lowest BCUT2D eigenvalue weighted by atomic mass is 10.3. The predicted octanol–water partition coefficient (Wildman–Crippen LogP) is 2.93. The van der Waals surface area contributed by atoms with Crippen molar-refractivity contribution in [3.05, 3.63) is 28.2 Å². The van der Waals surface area contributed by atoms with Gasteiger partial charge in [0.15, 0.2) is 5.75 Å². The van der Waals surface area contributed by atoms with E-state index in [1.54, 1.807) is 18.2 Å². The molecule has 0 unspecified atom stereocenters. The summed E-state index contributed by atoms with van der Waals surface area (Å²) in [4.78, 5) is 2.03. The minimum absolute atomic E-state index is 0.552. The van der Waals surface area contributed by atoms with Gasteiger partial charge in [0.1, 0.15) is 6.61 Å². The maximum atomic E-state index is 5.92.